The van der Waals surface area contributed by atoms with E-state index >= 15 is 0 Å². The first kappa shape index (κ1) is 16.0. The lowest BCUT2D eigenvalue weighted by atomic mass is 10.00. The lowest BCUT2D eigenvalue weighted by Crippen LogP contribution is -2.30. The van der Waals surface area contributed by atoms with Crippen LogP contribution < -0.4 is 10.9 Å². The molecule has 0 saturated heterocycles. The zero-order valence-corrected chi connectivity index (χ0v) is 13.9. The summed E-state index contributed by atoms with van der Waals surface area (Å²) in [4.78, 5) is 24.6. The highest BCUT2D eigenvalue weighted by Crippen LogP contribution is 2.19. The van der Waals surface area contributed by atoms with Gasteiger partial charge < -0.3 is 9.73 Å². The summed E-state index contributed by atoms with van der Waals surface area (Å²) >= 11 is 0. The van der Waals surface area contributed by atoms with Crippen molar-refractivity contribution in [3.63, 3.8) is 0 Å². The number of carbonyl (C=O) groups is 1. The summed E-state index contributed by atoms with van der Waals surface area (Å²) in [5, 5.41) is 3.61. The van der Waals surface area contributed by atoms with Gasteiger partial charge >= 0.3 is 5.63 Å². The molecule has 4 nitrogen and oxygen atoms in total. The minimum atomic E-state index is -0.626. The maximum atomic E-state index is 12.5. The Morgan fingerprint density at radius 1 is 1.08 bits per heavy atom. The van der Waals surface area contributed by atoms with Crippen molar-refractivity contribution in [1.29, 1.82) is 0 Å². The molecule has 0 fully saturated rings. The van der Waals surface area contributed by atoms with Gasteiger partial charge in [-0.15, -0.1) is 0 Å². The van der Waals surface area contributed by atoms with E-state index in [2.05, 4.69) is 5.32 Å². The molecule has 1 heterocycles. The van der Waals surface area contributed by atoms with E-state index in [0.29, 0.717) is 5.58 Å². The molecule has 0 saturated carbocycles. The Bertz CT molecular complexity index is 972. The van der Waals surface area contributed by atoms with Crippen LogP contribution in [-0.4, -0.2) is 5.91 Å². The third-order valence-electron chi connectivity index (χ3n) is 4.13. The molecule has 0 spiro atoms. The molecule has 1 atom stereocenters. The summed E-state index contributed by atoms with van der Waals surface area (Å²) in [6, 6.07) is 14.6. The molecule has 122 valence electrons. The van der Waals surface area contributed by atoms with E-state index in [1.54, 1.807) is 18.2 Å². The Hall–Kier alpha value is -2.88. The van der Waals surface area contributed by atoms with Gasteiger partial charge in [-0.2, -0.15) is 0 Å². The highest BCUT2D eigenvalue weighted by molar-refractivity contribution is 5.96. The number of amides is 1. The van der Waals surface area contributed by atoms with Gasteiger partial charge in [0.25, 0.3) is 5.91 Å². The number of hydrogen-bond donors (Lipinski definition) is 1. The number of carbonyl (C=O) groups excluding carboxylic acids is 1. The monoisotopic (exact) mass is 321 g/mol. The van der Waals surface area contributed by atoms with Gasteiger partial charge in [-0.1, -0.05) is 42.0 Å². The second-order valence-corrected chi connectivity index (χ2v) is 6.04. The Balaban J connectivity index is 1.91. The number of benzene rings is 2. The van der Waals surface area contributed by atoms with Crippen molar-refractivity contribution in [2.24, 2.45) is 0 Å². The summed E-state index contributed by atoms with van der Waals surface area (Å²) in [5.74, 6) is -0.428. The van der Waals surface area contributed by atoms with Crippen molar-refractivity contribution in [2.45, 2.75) is 26.8 Å². The lowest BCUT2D eigenvalue weighted by Gasteiger charge is -2.17. The van der Waals surface area contributed by atoms with Crippen LogP contribution in [0.15, 0.2) is 57.7 Å². The van der Waals surface area contributed by atoms with Crippen LogP contribution in [0, 0.1) is 13.8 Å². The fraction of sp³-hybridized carbons (Fsp3) is 0.200. The fourth-order valence-corrected chi connectivity index (χ4v) is 2.80. The highest BCUT2D eigenvalue weighted by Gasteiger charge is 2.17. The molecular formula is C20H19NO3. The van der Waals surface area contributed by atoms with Gasteiger partial charge in [-0.3, -0.25) is 4.79 Å². The van der Waals surface area contributed by atoms with Crippen molar-refractivity contribution in [3.8, 4) is 0 Å². The first-order chi connectivity index (χ1) is 11.5. The SMILES string of the molecule is Cc1ccc(C)c([C@@H](C)NC(=O)c2cc3ccccc3oc2=O)c1. The molecule has 3 aromatic rings. The van der Waals surface area contributed by atoms with Crippen LogP contribution in [0.1, 0.15) is 40.0 Å². The van der Waals surface area contributed by atoms with Gasteiger partial charge in [0.2, 0.25) is 0 Å². The number of nitrogens with one attached hydrogen (secondary N) is 1. The highest BCUT2D eigenvalue weighted by atomic mass is 16.4. The molecule has 4 heteroatoms. The van der Waals surface area contributed by atoms with Crippen LogP contribution in [0.4, 0.5) is 0 Å². The second-order valence-electron chi connectivity index (χ2n) is 6.04. The van der Waals surface area contributed by atoms with E-state index in [9.17, 15) is 9.59 Å². The molecule has 0 radical (unpaired) electrons. The third kappa shape index (κ3) is 3.08. The number of para-hydroxylation sites is 1. The fourth-order valence-electron chi connectivity index (χ4n) is 2.80. The van der Waals surface area contributed by atoms with E-state index < -0.39 is 11.5 Å². The summed E-state index contributed by atoms with van der Waals surface area (Å²) in [7, 11) is 0. The maximum absolute atomic E-state index is 12.5. The van der Waals surface area contributed by atoms with Crippen molar-refractivity contribution >= 4 is 16.9 Å². The van der Waals surface area contributed by atoms with E-state index in [-0.39, 0.29) is 11.6 Å². The van der Waals surface area contributed by atoms with Crippen LogP contribution in [0.2, 0.25) is 0 Å². The van der Waals surface area contributed by atoms with Crippen molar-refractivity contribution in [2.75, 3.05) is 0 Å². The average molecular weight is 321 g/mol. The average Bonchev–Trinajstić information content (AvgIpc) is 2.56. The van der Waals surface area contributed by atoms with Gasteiger partial charge in [0, 0.05) is 5.39 Å². The molecule has 1 N–H and O–H groups in total. The normalized spacial score (nSPS) is 12.1. The number of rotatable bonds is 3. The van der Waals surface area contributed by atoms with Gasteiger partial charge in [0.05, 0.1) is 6.04 Å². The third-order valence-corrected chi connectivity index (χ3v) is 4.13. The summed E-state index contributed by atoms with van der Waals surface area (Å²) in [6.45, 7) is 5.92. The molecule has 0 aliphatic heterocycles. The van der Waals surface area contributed by atoms with Gasteiger partial charge in [0.15, 0.2) is 0 Å². The van der Waals surface area contributed by atoms with Crippen molar-refractivity contribution in [1.82, 2.24) is 5.32 Å². The Morgan fingerprint density at radius 3 is 2.62 bits per heavy atom. The van der Waals surface area contributed by atoms with Crippen molar-refractivity contribution in [3.05, 3.63) is 81.2 Å². The zero-order chi connectivity index (χ0) is 17.3. The van der Waals surface area contributed by atoms with Gasteiger partial charge in [-0.25, -0.2) is 4.79 Å². The molecule has 0 unspecified atom stereocenters. The second kappa shape index (κ2) is 6.32. The van der Waals surface area contributed by atoms with Crippen molar-refractivity contribution < 1.29 is 9.21 Å². The molecule has 0 aliphatic rings. The number of hydrogen-bond acceptors (Lipinski definition) is 3. The van der Waals surface area contributed by atoms with E-state index in [4.69, 9.17) is 4.42 Å². The summed E-state index contributed by atoms with van der Waals surface area (Å²) < 4.78 is 5.23. The summed E-state index contributed by atoms with van der Waals surface area (Å²) in [5.41, 5.74) is 3.13. The lowest BCUT2D eigenvalue weighted by molar-refractivity contribution is 0.0936. The molecule has 1 aromatic heterocycles. The smallest absolute Gasteiger partial charge is 0.349 e. The minimum Gasteiger partial charge on any atom is -0.422 e. The Morgan fingerprint density at radius 2 is 1.83 bits per heavy atom. The molecule has 0 aliphatic carbocycles. The first-order valence-corrected chi connectivity index (χ1v) is 7.86. The summed E-state index contributed by atoms with van der Waals surface area (Å²) in [6.07, 6.45) is 0. The van der Waals surface area contributed by atoms with Gasteiger partial charge in [0.1, 0.15) is 11.1 Å². The largest absolute Gasteiger partial charge is 0.422 e. The topological polar surface area (TPSA) is 59.3 Å². The van der Waals surface area contributed by atoms with E-state index in [1.165, 1.54) is 0 Å². The molecule has 1 amide bonds. The molecule has 2 aromatic carbocycles. The predicted molar refractivity (Wildman–Crippen MR) is 94.3 cm³/mol. The van der Waals surface area contributed by atoms with Crippen LogP contribution in [0.25, 0.3) is 11.0 Å². The van der Waals surface area contributed by atoms with Crippen LogP contribution >= 0.6 is 0 Å². The minimum absolute atomic E-state index is 0.0193. The van der Waals surface area contributed by atoms with Crippen LogP contribution in [0.5, 0.6) is 0 Å². The van der Waals surface area contributed by atoms with E-state index in [1.807, 2.05) is 51.1 Å². The molecule has 3 rings (SSSR count). The molecule has 0 bridgehead atoms. The number of fused-ring (bicyclic) bond motifs is 1. The standard InChI is InChI=1S/C20H19NO3/c1-12-8-9-13(2)16(10-12)14(3)21-19(22)17-11-15-6-4-5-7-18(15)24-20(17)23/h4-11,14H,1-3H3,(H,21,22)/t14-/m1/s1. The van der Waals surface area contributed by atoms with Crippen LogP contribution in [-0.2, 0) is 0 Å². The van der Waals surface area contributed by atoms with Crippen LogP contribution in [0.3, 0.4) is 0 Å². The quantitative estimate of drug-likeness (QED) is 0.744. The predicted octanol–water partition coefficient (Wildman–Crippen LogP) is 3.90. The van der Waals surface area contributed by atoms with Gasteiger partial charge in [-0.05, 0) is 44.0 Å². The Labute approximate surface area is 140 Å². The first-order valence-electron chi connectivity index (χ1n) is 7.86. The zero-order valence-electron chi connectivity index (χ0n) is 13.9. The number of aryl methyl sites for hydroxylation is 2. The Kier molecular flexibility index (Phi) is 4.21. The maximum Gasteiger partial charge on any atom is 0.349 e. The van der Waals surface area contributed by atoms with E-state index in [0.717, 1.165) is 22.1 Å². The molecular weight excluding hydrogens is 302 g/mol. The molecule has 24 heavy (non-hydrogen) atoms.